The van der Waals surface area contributed by atoms with Gasteiger partial charge in [-0.05, 0) is 25.7 Å². The van der Waals surface area contributed by atoms with E-state index >= 15 is 0 Å². The number of hydrogen-bond acceptors (Lipinski definition) is 4. The molecule has 0 amide bonds. The molecule has 1 spiro atoms. The summed E-state index contributed by atoms with van der Waals surface area (Å²) in [7, 11) is 3.45. The lowest BCUT2D eigenvalue weighted by molar-refractivity contribution is -0.0384. The molecule has 0 bridgehead atoms. The summed E-state index contributed by atoms with van der Waals surface area (Å²) < 4.78 is 16.6. The van der Waals surface area contributed by atoms with Crippen LogP contribution in [0.4, 0.5) is 0 Å². The Labute approximate surface area is 97.6 Å². The molecule has 0 aromatic heterocycles. The highest BCUT2D eigenvalue weighted by atomic mass is 16.5. The van der Waals surface area contributed by atoms with Crippen molar-refractivity contribution >= 4 is 0 Å². The van der Waals surface area contributed by atoms with E-state index < -0.39 is 0 Å². The molecule has 0 aromatic rings. The van der Waals surface area contributed by atoms with Crippen LogP contribution in [0.25, 0.3) is 0 Å². The number of rotatable bonds is 4. The zero-order valence-electron chi connectivity index (χ0n) is 10.4. The van der Waals surface area contributed by atoms with Gasteiger partial charge in [0, 0.05) is 14.2 Å². The zero-order chi connectivity index (χ0) is 11.5. The molecule has 1 aliphatic heterocycles. The first kappa shape index (κ1) is 12.3. The van der Waals surface area contributed by atoms with E-state index in [4.69, 9.17) is 14.2 Å². The lowest BCUT2D eigenvalue weighted by Gasteiger charge is -2.35. The van der Waals surface area contributed by atoms with Crippen molar-refractivity contribution in [1.29, 1.82) is 0 Å². The Morgan fingerprint density at radius 1 is 1.06 bits per heavy atom. The molecular formula is C12H23NO3. The fourth-order valence-electron chi connectivity index (χ4n) is 2.97. The Morgan fingerprint density at radius 3 is 2.25 bits per heavy atom. The van der Waals surface area contributed by atoms with Gasteiger partial charge >= 0.3 is 0 Å². The molecule has 0 atom stereocenters. The average molecular weight is 229 g/mol. The Kier molecular flexibility index (Phi) is 3.85. The predicted octanol–water partition coefficient (Wildman–Crippen LogP) is 1.30. The van der Waals surface area contributed by atoms with Crippen LogP contribution >= 0.6 is 0 Å². The summed E-state index contributed by atoms with van der Waals surface area (Å²) in [5, 5.41) is 3.65. The van der Waals surface area contributed by atoms with Crippen molar-refractivity contribution in [3.8, 4) is 0 Å². The highest BCUT2D eigenvalue weighted by molar-refractivity contribution is 5.01. The maximum absolute atomic E-state index is 6.03. The van der Waals surface area contributed by atoms with Crippen LogP contribution in [0.5, 0.6) is 0 Å². The molecule has 94 valence electrons. The molecule has 2 aliphatic rings. The molecule has 16 heavy (non-hydrogen) atoms. The first-order valence-corrected chi connectivity index (χ1v) is 6.15. The van der Waals surface area contributed by atoms with Crippen molar-refractivity contribution in [1.82, 2.24) is 5.32 Å². The molecule has 2 rings (SSSR count). The summed E-state index contributed by atoms with van der Waals surface area (Å²) in [5.74, 6) is 0. The molecule has 1 aliphatic carbocycles. The van der Waals surface area contributed by atoms with E-state index in [1.165, 1.54) is 19.3 Å². The third kappa shape index (κ3) is 2.40. The summed E-state index contributed by atoms with van der Waals surface area (Å²) in [6, 6.07) is 0. The molecule has 0 unspecified atom stereocenters. The van der Waals surface area contributed by atoms with Gasteiger partial charge in [0.15, 0.2) is 0 Å². The van der Waals surface area contributed by atoms with Gasteiger partial charge in [0.25, 0.3) is 0 Å². The standard InChI is InChI=1S/C12H23NO3/c1-14-8-11(9-15-2)10-16-12(13-11)6-4-3-5-7-12/h13H,3-10H2,1-2H3. The summed E-state index contributed by atoms with van der Waals surface area (Å²) in [4.78, 5) is 0. The normalized spacial score (nSPS) is 27.4. The molecule has 1 N–H and O–H groups in total. The molecule has 4 heteroatoms. The highest BCUT2D eigenvalue weighted by Crippen LogP contribution is 2.36. The predicted molar refractivity (Wildman–Crippen MR) is 61.4 cm³/mol. The minimum absolute atomic E-state index is 0.102. The van der Waals surface area contributed by atoms with Crippen LogP contribution in [0.2, 0.25) is 0 Å². The second kappa shape index (κ2) is 5.00. The number of methoxy groups -OCH3 is 2. The van der Waals surface area contributed by atoms with Crippen LogP contribution in [0.3, 0.4) is 0 Å². The first-order chi connectivity index (χ1) is 7.74. The van der Waals surface area contributed by atoms with Crippen molar-refractivity contribution in [2.45, 2.75) is 43.4 Å². The van der Waals surface area contributed by atoms with E-state index in [0.29, 0.717) is 19.8 Å². The van der Waals surface area contributed by atoms with Crippen LogP contribution in [-0.2, 0) is 14.2 Å². The molecule has 0 radical (unpaired) electrons. The Hall–Kier alpha value is -0.160. The third-order valence-electron chi connectivity index (χ3n) is 3.62. The van der Waals surface area contributed by atoms with E-state index in [2.05, 4.69) is 5.32 Å². The van der Waals surface area contributed by atoms with Gasteiger partial charge in [0.2, 0.25) is 0 Å². The van der Waals surface area contributed by atoms with Gasteiger partial charge < -0.3 is 14.2 Å². The fourth-order valence-corrected chi connectivity index (χ4v) is 2.97. The van der Waals surface area contributed by atoms with E-state index in [-0.39, 0.29) is 11.3 Å². The Bertz CT molecular complexity index is 220. The summed E-state index contributed by atoms with van der Waals surface area (Å²) in [6.07, 6.45) is 6.06. The maximum atomic E-state index is 6.03. The molecule has 4 nitrogen and oxygen atoms in total. The SMILES string of the molecule is COCC1(COC)COC2(CCCCC2)N1. The second-order valence-corrected chi connectivity index (χ2v) is 5.11. The van der Waals surface area contributed by atoms with Gasteiger partial charge in [0.1, 0.15) is 5.72 Å². The van der Waals surface area contributed by atoms with Crippen molar-refractivity contribution in [2.24, 2.45) is 0 Å². The molecule has 1 heterocycles. The first-order valence-electron chi connectivity index (χ1n) is 6.15. The number of ether oxygens (including phenoxy) is 3. The van der Waals surface area contributed by atoms with Gasteiger partial charge in [0.05, 0.1) is 25.4 Å². The van der Waals surface area contributed by atoms with Gasteiger partial charge in [-0.15, -0.1) is 0 Å². The molecule has 1 saturated carbocycles. The van der Waals surface area contributed by atoms with Gasteiger partial charge in [-0.25, -0.2) is 0 Å². The van der Waals surface area contributed by atoms with Crippen LogP contribution in [0.15, 0.2) is 0 Å². The molecule has 1 saturated heterocycles. The van der Waals surface area contributed by atoms with Gasteiger partial charge in [-0.2, -0.15) is 0 Å². The van der Waals surface area contributed by atoms with Crippen molar-refractivity contribution in [3.05, 3.63) is 0 Å². The molecular weight excluding hydrogens is 206 g/mol. The van der Waals surface area contributed by atoms with Crippen LogP contribution < -0.4 is 5.32 Å². The Balaban J connectivity index is 2.01. The fraction of sp³-hybridized carbons (Fsp3) is 1.00. The molecule has 0 aromatic carbocycles. The van der Waals surface area contributed by atoms with Gasteiger partial charge in [-0.3, -0.25) is 5.32 Å². The quantitative estimate of drug-likeness (QED) is 0.788. The average Bonchev–Trinajstić information content (AvgIpc) is 2.60. The monoisotopic (exact) mass is 229 g/mol. The Morgan fingerprint density at radius 2 is 1.69 bits per heavy atom. The second-order valence-electron chi connectivity index (χ2n) is 5.11. The lowest BCUT2D eigenvalue weighted by Crippen LogP contribution is -2.57. The van der Waals surface area contributed by atoms with Gasteiger partial charge in [-0.1, -0.05) is 6.42 Å². The minimum Gasteiger partial charge on any atom is -0.383 e. The largest absolute Gasteiger partial charge is 0.383 e. The summed E-state index contributed by atoms with van der Waals surface area (Å²) in [5.41, 5.74) is -0.254. The molecule has 2 fully saturated rings. The highest BCUT2D eigenvalue weighted by Gasteiger charge is 2.49. The maximum Gasteiger partial charge on any atom is 0.119 e. The van der Waals surface area contributed by atoms with Crippen LogP contribution in [-0.4, -0.2) is 45.3 Å². The summed E-state index contributed by atoms with van der Waals surface area (Å²) in [6.45, 7) is 1.97. The van der Waals surface area contributed by atoms with Crippen molar-refractivity contribution in [2.75, 3.05) is 34.0 Å². The third-order valence-corrected chi connectivity index (χ3v) is 3.62. The number of nitrogens with one attached hydrogen (secondary N) is 1. The van der Waals surface area contributed by atoms with Crippen molar-refractivity contribution in [3.63, 3.8) is 0 Å². The minimum atomic E-state index is -0.152. The zero-order valence-corrected chi connectivity index (χ0v) is 10.4. The van der Waals surface area contributed by atoms with Crippen molar-refractivity contribution < 1.29 is 14.2 Å². The van der Waals surface area contributed by atoms with E-state index in [1.807, 2.05) is 0 Å². The van der Waals surface area contributed by atoms with Crippen LogP contribution in [0.1, 0.15) is 32.1 Å². The summed E-state index contributed by atoms with van der Waals surface area (Å²) >= 11 is 0. The van der Waals surface area contributed by atoms with Crippen LogP contribution in [0, 0.1) is 0 Å². The number of hydrogen-bond donors (Lipinski definition) is 1. The van der Waals surface area contributed by atoms with E-state index in [1.54, 1.807) is 14.2 Å². The topological polar surface area (TPSA) is 39.7 Å². The van der Waals surface area contributed by atoms with E-state index in [0.717, 1.165) is 12.8 Å². The lowest BCUT2D eigenvalue weighted by atomic mass is 9.90. The van der Waals surface area contributed by atoms with E-state index in [9.17, 15) is 0 Å². The smallest absolute Gasteiger partial charge is 0.119 e.